The molecular formula is C20H26N2O6S. The summed E-state index contributed by atoms with van der Waals surface area (Å²) >= 11 is 0. The van der Waals surface area contributed by atoms with Crippen molar-refractivity contribution in [2.75, 3.05) is 32.8 Å². The first-order valence-corrected chi connectivity index (χ1v) is 11.0. The van der Waals surface area contributed by atoms with Crippen LogP contribution in [-0.2, 0) is 26.1 Å². The Morgan fingerprint density at radius 2 is 2.03 bits per heavy atom. The molecular weight excluding hydrogens is 396 g/mol. The average molecular weight is 423 g/mol. The maximum absolute atomic E-state index is 13.3. The number of benzene rings is 1. The Labute approximate surface area is 171 Å². The van der Waals surface area contributed by atoms with Crippen LogP contribution in [0.15, 0.2) is 52.0 Å². The minimum atomic E-state index is -3.92. The highest BCUT2D eigenvalue weighted by atomic mass is 32.2. The summed E-state index contributed by atoms with van der Waals surface area (Å²) in [6.45, 7) is 5.25. The maximum atomic E-state index is 13.3. The zero-order valence-electron chi connectivity index (χ0n) is 16.6. The third-order valence-electron chi connectivity index (χ3n) is 4.59. The summed E-state index contributed by atoms with van der Waals surface area (Å²) in [6.07, 6.45) is 1.40. The van der Waals surface area contributed by atoms with Crippen LogP contribution in [0.25, 0.3) is 0 Å². The number of amides is 1. The molecule has 2 aromatic rings. The normalized spacial score (nSPS) is 17.5. The monoisotopic (exact) mass is 422 g/mol. The quantitative estimate of drug-likeness (QED) is 0.647. The fourth-order valence-corrected chi connectivity index (χ4v) is 4.48. The zero-order valence-corrected chi connectivity index (χ0v) is 17.4. The Balaban J connectivity index is 1.82. The third-order valence-corrected chi connectivity index (χ3v) is 6.40. The molecule has 0 bridgehead atoms. The number of rotatable bonds is 8. The van der Waals surface area contributed by atoms with Crippen molar-refractivity contribution >= 4 is 15.9 Å². The molecule has 1 fully saturated rings. The minimum Gasteiger partial charge on any atom is -0.494 e. The number of furan rings is 1. The molecule has 0 radical (unpaired) electrons. The van der Waals surface area contributed by atoms with Gasteiger partial charge in [-0.15, -0.1) is 0 Å². The molecule has 1 unspecified atom stereocenters. The van der Waals surface area contributed by atoms with Gasteiger partial charge < -0.3 is 18.8 Å². The van der Waals surface area contributed by atoms with Gasteiger partial charge in [0.2, 0.25) is 15.9 Å². The Bertz CT molecular complexity index is 896. The Kier molecular flexibility index (Phi) is 6.94. The summed E-state index contributed by atoms with van der Waals surface area (Å²) in [5, 5.41) is 0. The van der Waals surface area contributed by atoms with Gasteiger partial charge in [-0.3, -0.25) is 4.79 Å². The van der Waals surface area contributed by atoms with E-state index in [0.717, 1.165) is 4.31 Å². The summed E-state index contributed by atoms with van der Waals surface area (Å²) in [5.41, 5.74) is 0. The van der Waals surface area contributed by atoms with Gasteiger partial charge in [-0.05, 0) is 50.2 Å². The van der Waals surface area contributed by atoms with Gasteiger partial charge in [0.05, 0.1) is 43.6 Å². The number of carbonyl (C=O) groups excluding carboxylic acids is 1. The number of carbonyl (C=O) groups is 1. The van der Waals surface area contributed by atoms with E-state index in [1.807, 2.05) is 13.8 Å². The number of nitrogens with zero attached hydrogens (tertiary/aromatic N) is 2. The van der Waals surface area contributed by atoms with E-state index in [9.17, 15) is 13.2 Å². The molecule has 1 aliphatic rings. The van der Waals surface area contributed by atoms with Crippen molar-refractivity contribution in [2.45, 2.75) is 31.4 Å². The second-order valence-electron chi connectivity index (χ2n) is 6.78. The van der Waals surface area contributed by atoms with Crippen LogP contribution in [0.4, 0.5) is 0 Å². The standard InChI is InChI=1S/C20H26N2O6S/c1-3-26-17-6-8-19(9-7-17)29(24,25)22(14-18-5-4-11-28-18)15-20(23)21-10-12-27-16(2)13-21/h4-9,11,16H,3,10,12-15H2,1-2H3. The van der Waals surface area contributed by atoms with E-state index in [4.69, 9.17) is 13.9 Å². The lowest BCUT2D eigenvalue weighted by molar-refractivity contribution is -0.138. The van der Waals surface area contributed by atoms with Crippen LogP contribution in [0, 0.1) is 0 Å². The van der Waals surface area contributed by atoms with Crippen LogP contribution in [0.3, 0.4) is 0 Å². The zero-order chi connectivity index (χ0) is 20.9. The van der Waals surface area contributed by atoms with Crippen molar-refractivity contribution in [3.05, 3.63) is 48.4 Å². The lowest BCUT2D eigenvalue weighted by atomic mass is 10.3. The predicted octanol–water partition coefficient (Wildman–Crippen LogP) is 2.12. The lowest BCUT2D eigenvalue weighted by Gasteiger charge is -2.32. The molecule has 158 valence electrons. The number of hydrogen-bond donors (Lipinski definition) is 0. The van der Waals surface area contributed by atoms with Gasteiger partial charge in [0, 0.05) is 13.1 Å². The van der Waals surface area contributed by atoms with E-state index < -0.39 is 10.0 Å². The summed E-state index contributed by atoms with van der Waals surface area (Å²) in [6, 6.07) is 9.54. The molecule has 0 saturated carbocycles. The minimum absolute atomic E-state index is 0.0336. The number of hydrogen-bond acceptors (Lipinski definition) is 6. The van der Waals surface area contributed by atoms with Crippen LogP contribution >= 0.6 is 0 Å². The van der Waals surface area contributed by atoms with Gasteiger partial charge in [0.15, 0.2) is 0 Å². The largest absolute Gasteiger partial charge is 0.494 e. The smallest absolute Gasteiger partial charge is 0.243 e. The Morgan fingerprint density at radius 3 is 2.66 bits per heavy atom. The number of sulfonamides is 1. The highest BCUT2D eigenvalue weighted by molar-refractivity contribution is 7.89. The van der Waals surface area contributed by atoms with Crippen LogP contribution < -0.4 is 4.74 Å². The first-order chi connectivity index (χ1) is 13.9. The van der Waals surface area contributed by atoms with Crippen molar-refractivity contribution in [2.24, 2.45) is 0 Å². The molecule has 0 N–H and O–H groups in total. The molecule has 29 heavy (non-hydrogen) atoms. The highest BCUT2D eigenvalue weighted by Gasteiger charge is 2.30. The van der Waals surface area contributed by atoms with Gasteiger partial charge in [0.1, 0.15) is 11.5 Å². The Morgan fingerprint density at radius 1 is 1.28 bits per heavy atom. The first-order valence-electron chi connectivity index (χ1n) is 9.55. The molecule has 1 aromatic heterocycles. The molecule has 1 atom stereocenters. The van der Waals surface area contributed by atoms with E-state index in [1.165, 1.54) is 18.4 Å². The second-order valence-corrected chi connectivity index (χ2v) is 8.72. The third kappa shape index (κ3) is 5.37. The van der Waals surface area contributed by atoms with E-state index in [1.54, 1.807) is 29.2 Å². The fourth-order valence-electron chi connectivity index (χ4n) is 3.12. The van der Waals surface area contributed by atoms with Gasteiger partial charge >= 0.3 is 0 Å². The number of ether oxygens (including phenoxy) is 2. The van der Waals surface area contributed by atoms with Gasteiger partial charge in [-0.25, -0.2) is 8.42 Å². The van der Waals surface area contributed by atoms with E-state index in [2.05, 4.69) is 0 Å². The summed E-state index contributed by atoms with van der Waals surface area (Å²) in [5.74, 6) is 0.784. The maximum Gasteiger partial charge on any atom is 0.243 e. The van der Waals surface area contributed by atoms with Crippen molar-refractivity contribution in [3.8, 4) is 5.75 Å². The van der Waals surface area contributed by atoms with Crippen molar-refractivity contribution in [1.82, 2.24) is 9.21 Å². The van der Waals surface area contributed by atoms with Crippen molar-refractivity contribution in [1.29, 1.82) is 0 Å². The second kappa shape index (κ2) is 9.43. The molecule has 9 heteroatoms. The van der Waals surface area contributed by atoms with Gasteiger partial charge in [-0.2, -0.15) is 4.31 Å². The molecule has 3 rings (SSSR count). The van der Waals surface area contributed by atoms with Gasteiger partial charge in [-0.1, -0.05) is 0 Å². The van der Waals surface area contributed by atoms with Crippen molar-refractivity contribution in [3.63, 3.8) is 0 Å². The average Bonchev–Trinajstić information content (AvgIpc) is 3.21. The van der Waals surface area contributed by atoms with Crippen LogP contribution in [0.5, 0.6) is 5.75 Å². The molecule has 0 spiro atoms. The molecule has 1 aromatic carbocycles. The van der Waals surface area contributed by atoms with E-state index in [0.29, 0.717) is 37.8 Å². The first kappa shape index (κ1) is 21.4. The number of morpholine rings is 1. The molecule has 1 saturated heterocycles. The Hall–Kier alpha value is -2.36. The molecule has 2 heterocycles. The summed E-state index contributed by atoms with van der Waals surface area (Å²) in [7, 11) is -3.92. The lowest BCUT2D eigenvalue weighted by Crippen LogP contribution is -2.49. The molecule has 1 amide bonds. The molecule has 8 nitrogen and oxygen atoms in total. The van der Waals surface area contributed by atoms with E-state index >= 15 is 0 Å². The van der Waals surface area contributed by atoms with Crippen LogP contribution in [0.2, 0.25) is 0 Å². The van der Waals surface area contributed by atoms with Gasteiger partial charge in [0.25, 0.3) is 0 Å². The summed E-state index contributed by atoms with van der Waals surface area (Å²) < 4.78 is 43.8. The van der Waals surface area contributed by atoms with Crippen LogP contribution in [0.1, 0.15) is 19.6 Å². The van der Waals surface area contributed by atoms with Crippen LogP contribution in [-0.4, -0.2) is 62.5 Å². The predicted molar refractivity (Wildman–Crippen MR) is 106 cm³/mol. The summed E-state index contributed by atoms with van der Waals surface area (Å²) in [4.78, 5) is 14.5. The SMILES string of the molecule is CCOc1ccc(S(=O)(=O)N(CC(=O)N2CCOC(C)C2)Cc2ccco2)cc1. The van der Waals surface area contributed by atoms with Crippen molar-refractivity contribution < 1.29 is 27.1 Å². The molecule has 0 aliphatic carbocycles. The fraction of sp³-hybridized carbons (Fsp3) is 0.450. The topological polar surface area (TPSA) is 89.3 Å². The molecule has 1 aliphatic heterocycles. The van der Waals surface area contributed by atoms with E-state index in [-0.39, 0.29) is 30.0 Å². The highest BCUT2D eigenvalue weighted by Crippen LogP contribution is 2.22.